The standard InChI is InChI=1S/C49H58ClF2N4O8PS/c1-28(2)53-48-55-38(27-66-48)37-22-42(34-17-19-41(62-4)44(50)46(34)54-37)63-33-21-39-40(57)24-49(65(60,61)26-35-36(51)18-16-29(3)45(35)52)23-31(49)13-9-7-5-6-8-12-30(47(59)56(39)25-33)20-43(58)64-32-14-10-11-15-32/h9,13,16-19,22,27-28,30-33,39H,5-8,10-12,14-15,20-21,23-26H2,1-4H3,(H,53,55)(H,60,61)/b13-9-/t30-,31-,33-,39+,49-/m1/s1. The fourth-order valence-electron chi connectivity index (χ4n) is 9.94. The molecule has 6 atom stereocenters. The van der Waals surface area contributed by atoms with E-state index in [-0.39, 0.29) is 48.5 Å². The Morgan fingerprint density at radius 2 is 1.82 bits per heavy atom. The van der Waals surface area contributed by atoms with Gasteiger partial charge < -0.3 is 29.3 Å². The van der Waals surface area contributed by atoms with E-state index in [2.05, 4.69) is 5.32 Å². The number of ether oxygens (including phenoxy) is 3. The van der Waals surface area contributed by atoms with Crippen LogP contribution in [0.1, 0.15) is 108 Å². The topological polar surface area (TPSA) is 157 Å². The van der Waals surface area contributed by atoms with Gasteiger partial charge in [0.1, 0.15) is 46.1 Å². The van der Waals surface area contributed by atoms with Crippen molar-refractivity contribution in [1.29, 1.82) is 0 Å². The van der Waals surface area contributed by atoms with Crippen molar-refractivity contribution in [2.75, 3.05) is 19.0 Å². The van der Waals surface area contributed by atoms with Gasteiger partial charge in [-0.15, -0.1) is 11.3 Å². The number of nitrogens with one attached hydrogen (secondary N) is 1. The minimum atomic E-state index is -4.51. The Kier molecular flexibility index (Phi) is 14.6. The number of methoxy groups -OCH3 is 1. The first-order valence-corrected chi connectivity index (χ1v) is 26.2. The summed E-state index contributed by atoms with van der Waals surface area (Å²) in [5.74, 6) is -3.65. The van der Waals surface area contributed by atoms with Crippen LogP contribution in [0.4, 0.5) is 13.9 Å². The monoisotopic (exact) mass is 966 g/mol. The van der Waals surface area contributed by atoms with Crippen molar-refractivity contribution in [1.82, 2.24) is 14.9 Å². The summed E-state index contributed by atoms with van der Waals surface area (Å²) in [5, 5.41) is 5.19. The van der Waals surface area contributed by atoms with E-state index in [4.69, 9.17) is 35.8 Å². The molecule has 1 saturated heterocycles. The number of pyridine rings is 1. The number of nitrogens with zero attached hydrogens (tertiary/aromatic N) is 3. The van der Waals surface area contributed by atoms with Crippen LogP contribution in [0.15, 0.2) is 47.9 Å². The summed E-state index contributed by atoms with van der Waals surface area (Å²) < 4.78 is 63.4. The molecule has 0 radical (unpaired) electrons. The van der Waals surface area contributed by atoms with E-state index in [1.165, 1.54) is 36.3 Å². The third-order valence-electron chi connectivity index (χ3n) is 13.6. The van der Waals surface area contributed by atoms with E-state index in [1.807, 2.05) is 31.4 Å². The lowest BCUT2D eigenvalue weighted by Gasteiger charge is -2.30. The van der Waals surface area contributed by atoms with E-state index in [1.54, 1.807) is 18.2 Å². The van der Waals surface area contributed by atoms with Crippen LogP contribution in [-0.2, 0) is 29.8 Å². The van der Waals surface area contributed by atoms with E-state index < -0.39 is 83.9 Å². The number of anilines is 1. The molecule has 2 aliphatic carbocycles. The summed E-state index contributed by atoms with van der Waals surface area (Å²) in [6, 6.07) is 6.63. The molecule has 4 aromatic rings. The molecule has 2 aliphatic heterocycles. The van der Waals surface area contributed by atoms with Crippen LogP contribution in [0.2, 0.25) is 5.02 Å². The van der Waals surface area contributed by atoms with E-state index in [0.29, 0.717) is 58.2 Å². The van der Waals surface area contributed by atoms with Gasteiger partial charge in [0, 0.05) is 47.2 Å². The fraction of sp³-hybridized carbons (Fsp3) is 0.531. The number of amides is 1. The molecule has 8 rings (SSSR count). The van der Waals surface area contributed by atoms with Gasteiger partial charge in [0.2, 0.25) is 13.3 Å². The minimum absolute atomic E-state index is 0.0272. The summed E-state index contributed by atoms with van der Waals surface area (Å²) in [5.41, 5.74) is 1.08. The Bertz CT molecular complexity index is 2570. The van der Waals surface area contributed by atoms with Crippen LogP contribution < -0.4 is 14.8 Å². The molecule has 2 aromatic heterocycles. The number of hydrogen-bond acceptors (Lipinski definition) is 11. The van der Waals surface area contributed by atoms with Crippen molar-refractivity contribution in [3.8, 4) is 22.9 Å². The molecule has 4 aliphatic rings. The number of fused-ring (bicyclic) bond motifs is 3. The lowest BCUT2D eigenvalue weighted by Crippen LogP contribution is -2.45. The van der Waals surface area contributed by atoms with Gasteiger partial charge >= 0.3 is 5.97 Å². The Labute approximate surface area is 393 Å². The summed E-state index contributed by atoms with van der Waals surface area (Å²) >= 11 is 8.31. The van der Waals surface area contributed by atoms with Gasteiger partial charge in [-0.05, 0) is 102 Å². The Balaban J connectivity index is 1.15. The van der Waals surface area contributed by atoms with Crippen molar-refractivity contribution in [3.05, 3.63) is 75.6 Å². The summed E-state index contributed by atoms with van der Waals surface area (Å²) in [4.78, 5) is 66.6. The van der Waals surface area contributed by atoms with Crippen LogP contribution in [0.5, 0.6) is 11.5 Å². The molecule has 2 N–H and O–H groups in total. The Morgan fingerprint density at radius 1 is 1.05 bits per heavy atom. The predicted molar refractivity (Wildman–Crippen MR) is 251 cm³/mol. The fourth-order valence-corrected chi connectivity index (χ4v) is 13.6. The van der Waals surface area contributed by atoms with Gasteiger partial charge in [-0.2, -0.15) is 0 Å². The second-order valence-electron chi connectivity index (χ2n) is 18.7. The Hall–Kier alpha value is -4.43. The highest BCUT2D eigenvalue weighted by molar-refractivity contribution is 7.59. The summed E-state index contributed by atoms with van der Waals surface area (Å²) in [7, 11) is -3.00. The number of ketones is 1. The number of hydrogen-bond donors (Lipinski definition) is 2. The maximum Gasteiger partial charge on any atom is 0.306 e. The molecule has 2 aromatic carbocycles. The third-order valence-corrected chi connectivity index (χ3v) is 17.6. The summed E-state index contributed by atoms with van der Waals surface area (Å²) in [6.45, 7) is 5.46. The molecule has 2 saturated carbocycles. The number of Topliss-reactive ketones (excluding diaryl/α,β-unsaturated/α-hetero) is 1. The molecule has 66 heavy (non-hydrogen) atoms. The second kappa shape index (κ2) is 20.0. The first kappa shape index (κ1) is 48.0. The van der Waals surface area contributed by atoms with Crippen molar-refractivity contribution in [3.63, 3.8) is 0 Å². The summed E-state index contributed by atoms with van der Waals surface area (Å²) in [6.07, 6.45) is 8.46. The number of allylic oxidation sites excluding steroid dienone is 2. The molecular weight excluding hydrogens is 909 g/mol. The zero-order valence-corrected chi connectivity index (χ0v) is 40.3. The molecule has 1 unspecified atom stereocenters. The highest BCUT2D eigenvalue weighted by Crippen LogP contribution is 2.74. The third kappa shape index (κ3) is 10.2. The first-order chi connectivity index (χ1) is 31.6. The van der Waals surface area contributed by atoms with Gasteiger partial charge in [0.05, 0.1) is 48.6 Å². The number of halogens is 3. The zero-order valence-electron chi connectivity index (χ0n) is 37.8. The molecule has 4 heterocycles. The van der Waals surface area contributed by atoms with Crippen molar-refractivity contribution >= 4 is 64.0 Å². The highest BCUT2D eigenvalue weighted by atomic mass is 35.5. The normalized spacial score (nSPS) is 25.4. The largest absolute Gasteiger partial charge is 0.495 e. The Morgan fingerprint density at radius 3 is 2.58 bits per heavy atom. The molecule has 0 bridgehead atoms. The highest BCUT2D eigenvalue weighted by Gasteiger charge is 2.65. The van der Waals surface area contributed by atoms with Crippen LogP contribution in [0.3, 0.4) is 0 Å². The number of aryl methyl sites for hydroxylation is 1. The van der Waals surface area contributed by atoms with E-state index in [0.717, 1.165) is 44.6 Å². The van der Waals surface area contributed by atoms with Crippen LogP contribution in [-0.4, -0.2) is 80.5 Å². The molecular formula is C49H58ClF2N4O8PS. The maximum absolute atomic E-state index is 15.4. The maximum atomic E-state index is 15.4. The number of esters is 1. The smallest absolute Gasteiger partial charge is 0.306 e. The quantitative estimate of drug-likeness (QED) is 0.0791. The molecule has 1 amide bonds. The van der Waals surface area contributed by atoms with Gasteiger partial charge in [0.25, 0.3) is 0 Å². The molecule has 354 valence electrons. The molecule has 0 spiro atoms. The number of rotatable bonds is 12. The zero-order chi connectivity index (χ0) is 46.9. The number of carbonyl (C=O) groups excluding carboxylic acids is 3. The average Bonchev–Trinajstić information content (AvgIpc) is 3.69. The van der Waals surface area contributed by atoms with Gasteiger partial charge in [0.15, 0.2) is 10.9 Å². The average molecular weight is 968 g/mol. The first-order valence-electron chi connectivity index (χ1n) is 23.1. The van der Waals surface area contributed by atoms with Crippen molar-refractivity contribution in [2.45, 2.75) is 140 Å². The van der Waals surface area contributed by atoms with Gasteiger partial charge in [-0.25, -0.2) is 18.7 Å². The number of benzene rings is 2. The van der Waals surface area contributed by atoms with Crippen molar-refractivity contribution < 1.29 is 46.8 Å². The lowest BCUT2D eigenvalue weighted by molar-refractivity contribution is -0.154. The SMILES string of the molecule is COc1ccc2c(O[C@@H]3C[C@H]4C(=O)C[C@]5(P(=O)(O)Cc6c(F)ccc(C)c6F)C[C@H]5/C=C\CCCCC[C@H](CC(=O)OC5CCCC5)C(=O)N4C3)cc(-c3csc(NC(C)C)n3)nc2c1Cl. The number of aromatic nitrogens is 2. The van der Waals surface area contributed by atoms with Gasteiger partial charge in [-0.1, -0.05) is 42.7 Å². The predicted octanol–water partition coefficient (Wildman–Crippen LogP) is 11.0. The number of carbonyl (C=O) groups is 3. The van der Waals surface area contributed by atoms with E-state index >= 15 is 13.6 Å². The molecule has 12 nitrogen and oxygen atoms in total. The minimum Gasteiger partial charge on any atom is -0.495 e. The van der Waals surface area contributed by atoms with Crippen LogP contribution in [0.25, 0.3) is 22.3 Å². The lowest BCUT2D eigenvalue weighted by atomic mass is 9.94. The van der Waals surface area contributed by atoms with Crippen molar-refractivity contribution in [2.24, 2.45) is 11.8 Å². The molecule has 17 heteroatoms. The van der Waals surface area contributed by atoms with E-state index in [9.17, 15) is 19.0 Å². The number of thiazole rings is 1. The second-order valence-corrected chi connectivity index (χ2v) is 22.6. The van der Waals surface area contributed by atoms with Crippen LogP contribution in [0, 0.1) is 30.4 Å². The molecule has 3 fully saturated rings. The van der Waals surface area contributed by atoms with Crippen LogP contribution >= 0.6 is 30.3 Å². The van der Waals surface area contributed by atoms with Gasteiger partial charge in [-0.3, -0.25) is 18.9 Å².